The van der Waals surface area contributed by atoms with Crippen molar-refractivity contribution in [2.45, 2.75) is 25.9 Å². The van der Waals surface area contributed by atoms with Crippen LogP contribution < -0.4 is 4.74 Å². The van der Waals surface area contributed by atoms with Gasteiger partial charge in [-0.1, -0.05) is 37.3 Å². The van der Waals surface area contributed by atoms with E-state index in [2.05, 4.69) is 6.07 Å². The Balaban J connectivity index is 2.07. The molecule has 0 saturated heterocycles. The zero-order chi connectivity index (χ0) is 20.6. The molecule has 6 heteroatoms. The Morgan fingerprint density at radius 1 is 1.24 bits per heavy atom. The van der Waals surface area contributed by atoms with Crippen LogP contribution in [0.1, 0.15) is 39.2 Å². The van der Waals surface area contributed by atoms with E-state index in [1.807, 2.05) is 60.7 Å². The highest BCUT2D eigenvalue weighted by molar-refractivity contribution is 7.12. The van der Waals surface area contributed by atoms with Crippen molar-refractivity contribution in [3.05, 3.63) is 87.0 Å². The zero-order valence-electron chi connectivity index (χ0n) is 16.5. The van der Waals surface area contributed by atoms with E-state index in [9.17, 15) is 10.4 Å². The number of imidazole rings is 1. The summed E-state index contributed by atoms with van der Waals surface area (Å²) in [6.07, 6.45) is 2.38. The van der Waals surface area contributed by atoms with Crippen molar-refractivity contribution in [3.63, 3.8) is 0 Å². The summed E-state index contributed by atoms with van der Waals surface area (Å²) in [7, 11) is 1.53. The van der Waals surface area contributed by atoms with Gasteiger partial charge in [0.25, 0.3) is 0 Å². The fourth-order valence-corrected chi connectivity index (χ4v) is 4.68. The van der Waals surface area contributed by atoms with Gasteiger partial charge in [-0.25, -0.2) is 4.98 Å². The number of ether oxygens (including phenoxy) is 1. The van der Waals surface area contributed by atoms with Gasteiger partial charge in [0.15, 0.2) is 5.60 Å². The van der Waals surface area contributed by atoms with Gasteiger partial charge in [-0.15, -0.1) is 11.3 Å². The summed E-state index contributed by atoms with van der Waals surface area (Å²) in [5, 5.41) is 21.6. The van der Waals surface area contributed by atoms with Crippen LogP contribution in [0.4, 0.5) is 0 Å². The Morgan fingerprint density at radius 2 is 2.00 bits per heavy atom. The molecule has 5 nitrogen and oxygen atoms in total. The lowest BCUT2D eigenvalue weighted by Gasteiger charge is -2.27. The van der Waals surface area contributed by atoms with Crippen molar-refractivity contribution in [3.8, 4) is 11.8 Å². The Labute approximate surface area is 173 Å². The minimum Gasteiger partial charge on any atom is -0.495 e. The fourth-order valence-electron chi connectivity index (χ4n) is 3.70. The van der Waals surface area contributed by atoms with Gasteiger partial charge in [0, 0.05) is 27.7 Å². The molecular weight excluding hydrogens is 382 g/mol. The third kappa shape index (κ3) is 3.00. The summed E-state index contributed by atoms with van der Waals surface area (Å²) in [4.78, 5) is 6.76. The minimum absolute atomic E-state index is 0.425. The molecule has 0 aliphatic heterocycles. The summed E-state index contributed by atoms with van der Waals surface area (Å²) in [6.45, 7) is 4.04. The van der Waals surface area contributed by atoms with Crippen molar-refractivity contribution in [2.75, 3.05) is 7.11 Å². The number of thiophene rings is 1. The Morgan fingerprint density at radius 3 is 2.59 bits per heavy atom. The first-order valence-electron chi connectivity index (χ1n) is 9.37. The molecule has 3 aromatic heterocycles. The molecule has 0 amide bonds. The largest absolute Gasteiger partial charge is 0.495 e. The number of hydrogen-bond acceptors (Lipinski definition) is 5. The zero-order valence-corrected chi connectivity index (χ0v) is 17.3. The number of nitriles is 1. The average Bonchev–Trinajstić information content (AvgIpc) is 3.36. The Bertz CT molecular complexity index is 1220. The first-order chi connectivity index (χ1) is 14.0. The van der Waals surface area contributed by atoms with Crippen LogP contribution in [0, 0.1) is 18.3 Å². The van der Waals surface area contributed by atoms with Crippen molar-refractivity contribution >= 4 is 17.0 Å². The second-order valence-corrected chi connectivity index (χ2v) is 8.13. The topological polar surface area (TPSA) is 70.6 Å². The molecule has 1 aromatic carbocycles. The predicted octanol–water partition coefficient (Wildman–Crippen LogP) is 4.43. The molecule has 146 valence electrons. The molecule has 1 unspecified atom stereocenters. The Hall–Kier alpha value is -3.14. The standard InChI is InChI=1S/C23H21N3O2S/c1-4-18-22(25-21-12-19(28-3)16(13-24)14-26(18)21)23(27,17-8-6-5-7-9-17)20-11-10-15(2)29-20/h5-12,14,27H,4H2,1-3H3. The molecular formula is C23H21N3O2S. The second-order valence-electron chi connectivity index (χ2n) is 6.84. The maximum absolute atomic E-state index is 12.1. The van der Waals surface area contributed by atoms with E-state index in [0.29, 0.717) is 29.1 Å². The van der Waals surface area contributed by atoms with Crippen LogP contribution in [0.5, 0.6) is 5.75 Å². The van der Waals surface area contributed by atoms with Gasteiger partial charge in [0.2, 0.25) is 0 Å². The van der Waals surface area contributed by atoms with E-state index in [1.165, 1.54) is 7.11 Å². The predicted molar refractivity (Wildman–Crippen MR) is 113 cm³/mol. The molecule has 0 aliphatic rings. The fraction of sp³-hybridized carbons (Fsp3) is 0.217. The molecule has 0 bridgehead atoms. The maximum Gasteiger partial charge on any atom is 0.168 e. The number of aromatic nitrogens is 2. The van der Waals surface area contributed by atoms with E-state index >= 15 is 0 Å². The van der Waals surface area contributed by atoms with E-state index in [0.717, 1.165) is 21.0 Å². The van der Waals surface area contributed by atoms with Crippen LogP contribution in [0.3, 0.4) is 0 Å². The number of hydrogen-bond donors (Lipinski definition) is 1. The maximum atomic E-state index is 12.1. The van der Waals surface area contributed by atoms with Crippen molar-refractivity contribution in [1.82, 2.24) is 9.38 Å². The monoisotopic (exact) mass is 403 g/mol. The third-order valence-corrected chi connectivity index (χ3v) is 6.24. The molecule has 0 fully saturated rings. The quantitative estimate of drug-likeness (QED) is 0.535. The number of methoxy groups -OCH3 is 1. The summed E-state index contributed by atoms with van der Waals surface area (Å²) in [6, 6.07) is 17.5. The van der Waals surface area contributed by atoms with Crippen LogP contribution in [0.15, 0.2) is 54.7 Å². The summed E-state index contributed by atoms with van der Waals surface area (Å²) in [5.41, 5.74) is 1.86. The molecule has 29 heavy (non-hydrogen) atoms. The lowest BCUT2D eigenvalue weighted by Crippen LogP contribution is -2.29. The lowest BCUT2D eigenvalue weighted by atomic mass is 9.87. The second kappa shape index (κ2) is 7.36. The highest BCUT2D eigenvalue weighted by Gasteiger charge is 2.40. The van der Waals surface area contributed by atoms with E-state index < -0.39 is 5.60 Å². The van der Waals surface area contributed by atoms with Crippen LogP contribution in [-0.4, -0.2) is 21.6 Å². The van der Waals surface area contributed by atoms with Gasteiger partial charge in [-0.05, 0) is 31.0 Å². The number of pyridine rings is 1. The highest BCUT2D eigenvalue weighted by Crippen LogP contribution is 2.41. The van der Waals surface area contributed by atoms with Gasteiger partial charge < -0.3 is 14.2 Å². The van der Waals surface area contributed by atoms with Gasteiger partial charge in [-0.3, -0.25) is 0 Å². The van der Waals surface area contributed by atoms with Crippen molar-refractivity contribution < 1.29 is 9.84 Å². The van der Waals surface area contributed by atoms with Crippen molar-refractivity contribution in [1.29, 1.82) is 5.26 Å². The highest BCUT2D eigenvalue weighted by atomic mass is 32.1. The molecule has 3 heterocycles. The van der Waals surface area contributed by atoms with Gasteiger partial charge in [-0.2, -0.15) is 5.26 Å². The number of fused-ring (bicyclic) bond motifs is 1. The minimum atomic E-state index is -1.39. The normalized spacial score (nSPS) is 13.2. The van der Waals surface area contributed by atoms with Crippen LogP contribution >= 0.6 is 11.3 Å². The molecule has 4 aromatic rings. The number of nitrogens with zero attached hydrogens (tertiary/aromatic N) is 3. The number of rotatable bonds is 5. The van der Waals surface area contributed by atoms with Gasteiger partial charge >= 0.3 is 0 Å². The van der Waals surface area contributed by atoms with Crippen LogP contribution in [-0.2, 0) is 12.0 Å². The van der Waals surface area contributed by atoms with Crippen LogP contribution in [0.25, 0.3) is 5.65 Å². The molecule has 1 atom stereocenters. The van der Waals surface area contributed by atoms with E-state index in [-0.39, 0.29) is 0 Å². The molecule has 0 aliphatic carbocycles. The third-order valence-electron chi connectivity index (χ3n) is 5.13. The molecule has 1 N–H and O–H groups in total. The molecule has 0 spiro atoms. The molecule has 4 rings (SSSR count). The van der Waals surface area contributed by atoms with Gasteiger partial charge in [0.05, 0.1) is 7.11 Å². The lowest BCUT2D eigenvalue weighted by molar-refractivity contribution is 0.124. The average molecular weight is 404 g/mol. The summed E-state index contributed by atoms with van der Waals surface area (Å²) in [5.74, 6) is 0.467. The van der Waals surface area contributed by atoms with Gasteiger partial charge in [0.1, 0.15) is 28.7 Å². The first kappa shape index (κ1) is 19.2. The van der Waals surface area contributed by atoms with E-state index in [1.54, 1.807) is 23.6 Å². The molecule has 0 saturated carbocycles. The SMILES string of the molecule is CCc1c(C(O)(c2ccccc2)c2ccc(C)s2)nc2cc(OC)c(C#N)cn12. The summed E-state index contributed by atoms with van der Waals surface area (Å²) >= 11 is 1.55. The number of aryl methyl sites for hydroxylation is 2. The number of benzene rings is 1. The summed E-state index contributed by atoms with van der Waals surface area (Å²) < 4.78 is 7.23. The Kier molecular flexibility index (Phi) is 4.87. The van der Waals surface area contributed by atoms with Crippen molar-refractivity contribution in [2.24, 2.45) is 0 Å². The smallest absolute Gasteiger partial charge is 0.168 e. The first-order valence-corrected chi connectivity index (χ1v) is 10.2. The molecule has 0 radical (unpaired) electrons. The van der Waals surface area contributed by atoms with Crippen LogP contribution in [0.2, 0.25) is 0 Å². The van der Waals surface area contributed by atoms with E-state index in [4.69, 9.17) is 9.72 Å². The number of aliphatic hydroxyl groups is 1.